The molecule has 1 saturated heterocycles. The van der Waals surface area contributed by atoms with E-state index in [0.29, 0.717) is 25.7 Å². The van der Waals surface area contributed by atoms with E-state index in [1.54, 1.807) is 18.2 Å². The quantitative estimate of drug-likeness (QED) is 0.307. The Bertz CT molecular complexity index is 703. The molecule has 0 bridgehead atoms. The number of guanidine groups is 1. The Morgan fingerprint density at radius 1 is 1.37 bits per heavy atom. The molecule has 1 aromatic rings. The Balaban J connectivity index is 1.98. The predicted molar refractivity (Wildman–Crippen MR) is 105 cm³/mol. The van der Waals surface area contributed by atoms with Crippen molar-refractivity contribution in [2.24, 2.45) is 4.99 Å². The van der Waals surface area contributed by atoms with Crippen LogP contribution in [0.15, 0.2) is 34.2 Å². The van der Waals surface area contributed by atoms with E-state index in [-0.39, 0.29) is 17.5 Å². The molecule has 1 fully saturated rings. The van der Waals surface area contributed by atoms with Crippen LogP contribution in [0.1, 0.15) is 25.3 Å². The molecule has 8 nitrogen and oxygen atoms in total. The maximum atomic E-state index is 12.3. The summed E-state index contributed by atoms with van der Waals surface area (Å²) in [5.41, 5.74) is 0.818. The number of hydrogen-bond acceptors (Lipinski definition) is 5. The van der Waals surface area contributed by atoms with Gasteiger partial charge in [0.1, 0.15) is 0 Å². The van der Waals surface area contributed by atoms with Gasteiger partial charge < -0.3 is 20.1 Å². The molecule has 1 aromatic carbocycles. The number of nitrogens with one attached hydrogen (secondary N) is 3. The molecule has 1 aliphatic heterocycles. The summed E-state index contributed by atoms with van der Waals surface area (Å²) in [5, 5.41) is 6.48. The van der Waals surface area contributed by atoms with Crippen molar-refractivity contribution >= 4 is 16.0 Å². The van der Waals surface area contributed by atoms with Gasteiger partial charge in [-0.15, -0.1) is 0 Å². The molecule has 0 saturated carbocycles. The zero-order chi connectivity index (χ0) is 19.5. The number of benzene rings is 1. The van der Waals surface area contributed by atoms with Gasteiger partial charge in [-0.05, 0) is 37.5 Å². The summed E-state index contributed by atoms with van der Waals surface area (Å²) in [5.74, 6) is 0.694. The van der Waals surface area contributed by atoms with Crippen molar-refractivity contribution in [3.8, 4) is 0 Å². The van der Waals surface area contributed by atoms with Gasteiger partial charge in [-0.2, -0.15) is 0 Å². The number of ether oxygens (including phenoxy) is 2. The first-order chi connectivity index (χ1) is 13.0. The molecule has 0 spiro atoms. The number of sulfonamides is 1. The van der Waals surface area contributed by atoms with Gasteiger partial charge in [0.25, 0.3) is 0 Å². The second kappa shape index (κ2) is 11.2. The average molecular weight is 399 g/mol. The van der Waals surface area contributed by atoms with Gasteiger partial charge in [-0.25, -0.2) is 18.1 Å². The Morgan fingerprint density at radius 2 is 2.22 bits per heavy atom. The summed E-state index contributed by atoms with van der Waals surface area (Å²) in [7, 11) is -2.02. The summed E-state index contributed by atoms with van der Waals surface area (Å²) in [6.07, 6.45) is 2.38. The summed E-state index contributed by atoms with van der Waals surface area (Å²) in [4.78, 5) is 4.77. The Labute approximate surface area is 161 Å². The fourth-order valence-corrected chi connectivity index (χ4v) is 3.78. The van der Waals surface area contributed by atoms with Crippen molar-refractivity contribution < 1.29 is 17.9 Å². The van der Waals surface area contributed by atoms with Crippen molar-refractivity contribution in [2.45, 2.75) is 37.3 Å². The van der Waals surface area contributed by atoms with Crippen LogP contribution in [0.5, 0.6) is 0 Å². The minimum atomic E-state index is -3.55. The molecule has 1 atom stereocenters. The lowest BCUT2D eigenvalue weighted by Crippen LogP contribution is -2.41. The van der Waals surface area contributed by atoms with E-state index < -0.39 is 10.0 Å². The molecule has 1 heterocycles. The highest BCUT2D eigenvalue weighted by molar-refractivity contribution is 7.89. The third-order valence-corrected chi connectivity index (χ3v) is 5.55. The topological polar surface area (TPSA) is 101 Å². The van der Waals surface area contributed by atoms with Gasteiger partial charge in [0, 0.05) is 33.4 Å². The highest BCUT2D eigenvalue weighted by atomic mass is 32.2. The van der Waals surface area contributed by atoms with Crippen molar-refractivity contribution in [2.75, 3.05) is 40.0 Å². The fraction of sp³-hybridized carbons (Fsp3) is 0.611. The van der Waals surface area contributed by atoms with Crippen molar-refractivity contribution in [3.05, 3.63) is 29.8 Å². The lowest BCUT2D eigenvalue weighted by molar-refractivity contribution is 0.114. The van der Waals surface area contributed by atoms with Gasteiger partial charge in [-0.3, -0.25) is 0 Å². The molecule has 1 aliphatic rings. The van der Waals surface area contributed by atoms with Crippen LogP contribution in [0.2, 0.25) is 0 Å². The monoisotopic (exact) mass is 398 g/mol. The number of methoxy groups -OCH3 is 1. The fourth-order valence-electron chi connectivity index (χ4n) is 2.70. The van der Waals surface area contributed by atoms with E-state index in [9.17, 15) is 8.42 Å². The van der Waals surface area contributed by atoms with Gasteiger partial charge in [0.15, 0.2) is 5.96 Å². The Hall–Kier alpha value is -1.68. The highest BCUT2D eigenvalue weighted by Crippen LogP contribution is 2.13. The lowest BCUT2D eigenvalue weighted by Gasteiger charge is -2.15. The minimum Gasteiger partial charge on any atom is -0.383 e. The number of aliphatic imine (C=N–C) groups is 1. The molecular formula is C18H30N4O4S. The van der Waals surface area contributed by atoms with E-state index in [1.807, 2.05) is 13.0 Å². The molecule has 0 aliphatic carbocycles. The zero-order valence-electron chi connectivity index (χ0n) is 16.0. The third-order valence-electron chi connectivity index (χ3n) is 4.09. The van der Waals surface area contributed by atoms with E-state index in [2.05, 4.69) is 20.3 Å². The van der Waals surface area contributed by atoms with Crippen LogP contribution in [0.4, 0.5) is 0 Å². The number of hydrogen-bond donors (Lipinski definition) is 3. The number of rotatable bonds is 10. The maximum absolute atomic E-state index is 12.3. The summed E-state index contributed by atoms with van der Waals surface area (Å²) in [6, 6.07) is 6.80. The van der Waals surface area contributed by atoms with E-state index in [1.165, 1.54) is 7.11 Å². The Kier molecular flexibility index (Phi) is 8.99. The van der Waals surface area contributed by atoms with Crippen LogP contribution >= 0.6 is 0 Å². The average Bonchev–Trinajstić information content (AvgIpc) is 3.18. The molecule has 27 heavy (non-hydrogen) atoms. The van der Waals surface area contributed by atoms with Crippen LogP contribution in [0.25, 0.3) is 0 Å². The molecule has 2 rings (SSSR count). The van der Waals surface area contributed by atoms with Crippen LogP contribution in [0, 0.1) is 0 Å². The molecule has 0 radical (unpaired) electrons. The molecule has 152 valence electrons. The second-order valence-electron chi connectivity index (χ2n) is 6.25. The van der Waals surface area contributed by atoms with Gasteiger partial charge in [-0.1, -0.05) is 12.1 Å². The molecular weight excluding hydrogens is 368 g/mol. The molecule has 3 N–H and O–H groups in total. The zero-order valence-corrected chi connectivity index (χ0v) is 16.8. The maximum Gasteiger partial charge on any atom is 0.240 e. The van der Waals surface area contributed by atoms with Crippen LogP contribution in [-0.4, -0.2) is 60.4 Å². The molecule has 0 amide bonds. The minimum absolute atomic E-state index is 0.223. The smallest absolute Gasteiger partial charge is 0.240 e. The third kappa shape index (κ3) is 7.45. The first-order valence-corrected chi connectivity index (χ1v) is 10.7. The van der Waals surface area contributed by atoms with Gasteiger partial charge in [0.05, 0.1) is 24.2 Å². The molecule has 0 aromatic heterocycles. The van der Waals surface area contributed by atoms with Crippen LogP contribution in [0.3, 0.4) is 0 Å². The van der Waals surface area contributed by atoms with Crippen molar-refractivity contribution in [1.29, 1.82) is 0 Å². The van der Waals surface area contributed by atoms with E-state index in [0.717, 1.165) is 31.6 Å². The largest absolute Gasteiger partial charge is 0.383 e. The standard InChI is InChI=1S/C18H30N4O4S/c1-3-19-18(21-14-16-7-5-10-26-16)20-13-15-6-4-8-17(12-15)27(23,24)22-9-11-25-2/h4,6,8,12,16,22H,3,5,7,9-11,13-14H2,1-2H3,(H2,19,20,21). The first-order valence-electron chi connectivity index (χ1n) is 9.26. The Morgan fingerprint density at radius 3 is 2.93 bits per heavy atom. The summed E-state index contributed by atoms with van der Waals surface area (Å²) < 4.78 is 37.6. The molecule has 9 heteroatoms. The normalized spacial score (nSPS) is 17.9. The van der Waals surface area contributed by atoms with Crippen molar-refractivity contribution in [1.82, 2.24) is 15.4 Å². The van der Waals surface area contributed by atoms with Gasteiger partial charge >= 0.3 is 0 Å². The SMILES string of the molecule is CCNC(=NCc1cccc(S(=O)(=O)NCCOC)c1)NCC1CCCO1. The summed E-state index contributed by atoms with van der Waals surface area (Å²) in [6.45, 7) is 5.22. The van der Waals surface area contributed by atoms with E-state index >= 15 is 0 Å². The van der Waals surface area contributed by atoms with Crippen LogP contribution in [-0.2, 0) is 26.0 Å². The first kappa shape index (κ1) is 21.6. The highest BCUT2D eigenvalue weighted by Gasteiger charge is 2.16. The number of nitrogens with zero attached hydrogens (tertiary/aromatic N) is 1. The summed E-state index contributed by atoms with van der Waals surface area (Å²) >= 11 is 0. The molecule has 1 unspecified atom stereocenters. The van der Waals surface area contributed by atoms with Crippen LogP contribution < -0.4 is 15.4 Å². The second-order valence-corrected chi connectivity index (χ2v) is 8.02. The predicted octanol–water partition coefficient (Wildman–Crippen LogP) is 0.845. The van der Waals surface area contributed by atoms with Crippen molar-refractivity contribution in [3.63, 3.8) is 0 Å². The van der Waals surface area contributed by atoms with E-state index in [4.69, 9.17) is 9.47 Å². The lowest BCUT2D eigenvalue weighted by atomic mass is 10.2. The van der Waals surface area contributed by atoms with Gasteiger partial charge in [0.2, 0.25) is 10.0 Å².